The van der Waals surface area contributed by atoms with E-state index in [0.717, 1.165) is 0 Å². The molecule has 118 valence electrons. The molecule has 0 aliphatic heterocycles. The molecule has 22 heavy (non-hydrogen) atoms. The van der Waals surface area contributed by atoms with Crippen LogP contribution >= 0.6 is 0 Å². The fourth-order valence-electron chi connectivity index (χ4n) is 1.66. The molecule has 1 aromatic carbocycles. The molecule has 2 N–H and O–H groups in total. The monoisotopic (exact) mass is 306 g/mol. The highest BCUT2D eigenvalue weighted by molar-refractivity contribution is 5.97. The van der Waals surface area contributed by atoms with Gasteiger partial charge in [0.25, 0.3) is 5.91 Å². The summed E-state index contributed by atoms with van der Waals surface area (Å²) in [7, 11) is 0. The minimum atomic E-state index is -1.58. The van der Waals surface area contributed by atoms with Crippen LogP contribution in [0, 0.1) is 0 Å². The Morgan fingerprint density at radius 3 is 2.14 bits per heavy atom. The Labute approximate surface area is 126 Å². The summed E-state index contributed by atoms with van der Waals surface area (Å²) in [4.78, 5) is 44.0. The van der Waals surface area contributed by atoms with E-state index in [1.54, 1.807) is 0 Å². The van der Waals surface area contributed by atoms with Gasteiger partial charge in [0, 0.05) is 24.1 Å². The third-order valence-corrected chi connectivity index (χ3v) is 2.69. The molecule has 0 fully saturated rings. The molecule has 0 saturated carbocycles. The van der Waals surface area contributed by atoms with Crippen LogP contribution in [0.2, 0.25) is 0 Å². The number of carbonyl (C=O) groups is 4. The van der Waals surface area contributed by atoms with Crippen molar-refractivity contribution in [3.63, 3.8) is 0 Å². The summed E-state index contributed by atoms with van der Waals surface area (Å²) in [5.41, 5.74) is 0.645. The summed E-state index contributed by atoms with van der Waals surface area (Å²) in [6.45, 7) is 1.34. The molecule has 0 radical (unpaired) electrons. The molecule has 0 bridgehead atoms. The average molecular weight is 306 g/mol. The van der Waals surface area contributed by atoms with Crippen LogP contribution in [-0.4, -0.2) is 29.8 Å². The first-order valence-electron chi connectivity index (χ1n) is 6.39. The SMILES string of the molecule is CC(=O)Nc1ccc(C(=O)N[C@@H](CCC(=O)[O-])C(=O)[O-])cc1. The predicted molar refractivity (Wildman–Crippen MR) is 71.2 cm³/mol. The van der Waals surface area contributed by atoms with Crippen molar-refractivity contribution in [1.29, 1.82) is 0 Å². The quantitative estimate of drug-likeness (QED) is 0.598. The fourth-order valence-corrected chi connectivity index (χ4v) is 1.66. The van der Waals surface area contributed by atoms with Crippen LogP contribution in [0.15, 0.2) is 24.3 Å². The maximum absolute atomic E-state index is 11.9. The maximum atomic E-state index is 11.9. The van der Waals surface area contributed by atoms with Crippen LogP contribution in [0.5, 0.6) is 0 Å². The van der Waals surface area contributed by atoms with E-state index in [4.69, 9.17) is 0 Å². The van der Waals surface area contributed by atoms with Gasteiger partial charge < -0.3 is 30.4 Å². The maximum Gasteiger partial charge on any atom is 0.251 e. The van der Waals surface area contributed by atoms with Crippen molar-refractivity contribution in [2.24, 2.45) is 0 Å². The third-order valence-electron chi connectivity index (χ3n) is 2.69. The van der Waals surface area contributed by atoms with Crippen LogP contribution in [0.1, 0.15) is 30.1 Å². The zero-order valence-electron chi connectivity index (χ0n) is 11.8. The summed E-state index contributed by atoms with van der Waals surface area (Å²) in [5, 5.41) is 25.9. The number of nitrogens with one attached hydrogen (secondary N) is 2. The van der Waals surface area contributed by atoms with Crippen molar-refractivity contribution < 1.29 is 29.4 Å². The van der Waals surface area contributed by atoms with E-state index in [2.05, 4.69) is 10.6 Å². The largest absolute Gasteiger partial charge is 0.550 e. The molecule has 2 amide bonds. The van der Waals surface area contributed by atoms with Gasteiger partial charge in [0.15, 0.2) is 0 Å². The summed E-state index contributed by atoms with van der Waals surface area (Å²) in [5.74, 6) is -3.96. The molecule has 1 aromatic rings. The highest BCUT2D eigenvalue weighted by Gasteiger charge is 2.15. The molecule has 0 heterocycles. The zero-order chi connectivity index (χ0) is 16.7. The Morgan fingerprint density at radius 1 is 1.09 bits per heavy atom. The zero-order valence-corrected chi connectivity index (χ0v) is 11.8. The number of carbonyl (C=O) groups excluding carboxylic acids is 4. The van der Waals surface area contributed by atoms with Crippen molar-refractivity contribution in [2.45, 2.75) is 25.8 Å². The molecule has 8 nitrogen and oxygen atoms in total. The smallest absolute Gasteiger partial charge is 0.251 e. The van der Waals surface area contributed by atoms with Gasteiger partial charge in [-0.3, -0.25) is 9.59 Å². The molecule has 1 rings (SSSR count). The Kier molecular flexibility index (Phi) is 6.06. The van der Waals surface area contributed by atoms with Gasteiger partial charge in [-0.2, -0.15) is 0 Å². The lowest BCUT2D eigenvalue weighted by Crippen LogP contribution is -2.48. The number of benzene rings is 1. The van der Waals surface area contributed by atoms with Crippen molar-refractivity contribution in [2.75, 3.05) is 5.32 Å². The molecule has 0 saturated heterocycles. The first-order chi connectivity index (χ1) is 10.3. The molecule has 0 spiro atoms. The summed E-state index contributed by atoms with van der Waals surface area (Å²) in [6.07, 6.45) is -0.846. The summed E-state index contributed by atoms with van der Waals surface area (Å²) in [6, 6.07) is 4.31. The van der Waals surface area contributed by atoms with Gasteiger partial charge in [0.2, 0.25) is 5.91 Å². The van der Waals surface area contributed by atoms with Crippen LogP contribution < -0.4 is 20.8 Å². The molecule has 0 aliphatic carbocycles. The molecule has 0 unspecified atom stereocenters. The van der Waals surface area contributed by atoms with Gasteiger partial charge in [-0.05, 0) is 37.1 Å². The second-order valence-corrected chi connectivity index (χ2v) is 4.51. The minimum Gasteiger partial charge on any atom is -0.550 e. The van der Waals surface area contributed by atoms with Gasteiger partial charge in [0.1, 0.15) is 0 Å². The topological polar surface area (TPSA) is 138 Å². The highest BCUT2D eigenvalue weighted by Crippen LogP contribution is 2.10. The number of aliphatic carboxylic acids is 2. The van der Waals surface area contributed by atoms with E-state index in [1.165, 1.54) is 31.2 Å². The number of carboxylic acid groups (broad SMARTS) is 2. The number of carboxylic acids is 2. The highest BCUT2D eigenvalue weighted by atomic mass is 16.4. The normalized spacial score (nSPS) is 11.3. The molecular formula is C14H14N2O6-2. The molecular weight excluding hydrogens is 292 g/mol. The van der Waals surface area contributed by atoms with Gasteiger partial charge in [0.05, 0.1) is 12.0 Å². The average Bonchev–Trinajstić information content (AvgIpc) is 2.42. The Bertz CT molecular complexity index is 582. The minimum absolute atomic E-state index is 0.161. The number of amides is 2. The summed E-state index contributed by atoms with van der Waals surface area (Å²) >= 11 is 0. The van der Waals surface area contributed by atoms with Crippen molar-refractivity contribution >= 4 is 29.4 Å². The lowest BCUT2D eigenvalue weighted by molar-refractivity contribution is -0.309. The summed E-state index contributed by atoms with van der Waals surface area (Å²) < 4.78 is 0. The van der Waals surface area contributed by atoms with E-state index in [-0.39, 0.29) is 17.9 Å². The van der Waals surface area contributed by atoms with E-state index >= 15 is 0 Å². The van der Waals surface area contributed by atoms with Gasteiger partial charge >= 0.3 is 0 Å². The Hall–Kier alpha value is -2.90. The first kappa shape index (κ1) is 17.2. The fraction of sp³-hybridized carbons (Fsp3) is 0.286. The van der Waals surface area contributed by atoms with E-state index in [1.807, 2.05) is 0 Å². The molecule has 0 aromatic heterocycles. The number of anilines is 1. The predicted octanol–water partition coefficient (Wildman–Crippen LogP) is -1.98. The molecule has 1 atom stereocenters. The van der Waals surface area contributed by atoms with Gasteiger partial charge in [-0.1, -0.05) is 0 Å². The van der Waals surface area contributed by atoms with E-state index in [9.17, 15) is 29.4 Å². The standard InChI is InChI=1S/C14H16N2O6/c1-8(17)15-10-4-2-9(3-5-10)13(20)16-11(14(21)22)6-7-12(18)19/h2-5,11H,6-7H2,1H3,(H,15,17)(H,16,20)(H,18,19)(H,21,22)/p-2/t11-/m0/s1. The first-order valence-corrected chi connectivity index (χ1v) is 6.39. The lowest BCUT2D eigenvalue weighted by atomic mass is 10.1. The van der Waals surface area contributed by atoms with E-state index < -0.39 is 30.3 Å². The lowest BCUT2D eigenvalue weighted by Gasteiger charge is -2.20. The molecule has 8 heteroatoms. The van der Waals surface area contributed by atoms with Crippen LogP contribution in [0.25, 0.3) is 0 Å². The Morgan fingerprint density at radius 2 is 1.68 bits per heavy atom. The van der Waals surface area contributed by atoms with Crippen LogP contribution in [0.3, 0.4) is 0 Å². The number of hydrogen-bond donors (Lipinski definition) is 2. The Balaban J connectivity index is 2.71. The van der Waals surface area contributed by atoms with Crippen molar-refractivity contribution in [3.8, 4) is 0 Å². The third kappa shape index (κ3) is 5.61. The number of hydrogen-bond acceptors (Lipinski definition) is 6. The van der Waals surface area contributed by atoms with Gasteiger partial charge in [-0.15, -0.1) is 0 Å². The van der Waals surface area contributed by atoms with E-state index in [0.29, 0.717) is 5.69 Å². The number of rotatable bonds is 7. The van der Waals surface area contributed by atoms with Crippen LogP contribution in [0.4, 0.5) is 5.69 Å². The van der Waals surface area contributed by atoms with Gasteiger partial charge in [-0.25, -0.2) is 0 Å². The van der Waals surface area contributed by atoms with Crippen molar-refractivity contribution in [1.82, 2.24) is 5.32 Å². The van der Waals surface area contributed by atoms with Crippen molar-refractivity contribution in [3.05, 3.63) is 29.8 Å². The second-order valence-electron chi connectivity index (χ2n) is 4.51. The van der Waals surface area contributed by atoms with Crippen LogP contribution in [-0.2, 0) is 14.4 Å². The molecule has 0 aliphatic rings. The second kappa shape index (κ2) is 7.77.